The van der Waals surface area contributed by atoms with Gasteiger partial charge in [-0.2, -0.15) is 0 Å². The molecule has 0 unspecified atom stereocenters. The summed E-state index contributed by atoms with van der Waals surface area (Å²) in [6.07, 6.45) is 0. The van der Waals surface area contributed by atoms with Gasteiger partial charge in [-0.05, 0) is 36.8 Å². The lowest BCUT2D eigenvalue weighted by atomic mass is 9.95. The van der Waals surface area contributed by atoms with Crippen LogP contribution in [0.5, 0.6) is 0 Å². The Morgan fingerprint density at radius 3 is 2.33 bits per heavy atom. The molecule has 0 fully saturated rings. The topological polar surface area (TPSA) is 46.2 Å². The summed E-state index contributed by atoms with van der Waals surface area (Å²) in [6.45, 7) is 1.74. The van der Waals surface area contributed by atoms with Gasteiger partial charge in [-0.3, -0.25) is 9.59 Å². The van der Waals surface area contributed by atoms with E-state index in [1.54, 1.807) is 55.5 Å². The fraction of sp³-hybridized carbons (Fsp3) is 0.0909. The second kappa shape index (κ2) is 8.14. The number of carbonyl (C=O) groups is 2. The molecule has 3 nitrogen and oxygen atoms in total. The molecule has 0 aliphatic carbocycles. The van der Waals surface area contributed by atoms with Gasteiger partial charge in [0.25, 0.3) is 0 Å². The molecule has 0 saturated carbocycles. The number of carbonyl (C=O) groups excluding carboxylic acids is 2. The summed E-state index contributed by atoms with van der Waals surface area (Å²) in [6, 6.07) is 20.0. The van der Waals surface area contributed by atoms with Crippen LogP contribution >= 0.6 is 11.6 Å². The fourth-order valence-electron chi connectivity index (χ4n) is 2.68. The largest absolute Gasteiger partial charge is 0.326 e. The highest BCUT2D eigenvalue weighted by atomic mass is 35.5. The van der Waals surface area contributed by atoms with E-state index < -0.39 is 11.7 Å². The van der Waals surface area contributed by atoms with Crippen molar-refractivity contribution < 1.29 is 14.0 Å². The molecule has 1 amide bonds. The Balaban J connectivity index is 1.78. The average Bonchev–Trinajstić information content (AvgIpc) is 2.70. The van der Waals surface area contributed by atoms with Gasteiger partial charge in [-0.1, -0.05) is 60.1 Å². The van der Waals surface area contributed by atoms with E-state index in [1.807, 2.05) is 6.07 Å². The maximum atomic E-state index is 13.2. The number of halogens is 2. The van der Waals surface area contributed by atoms with Crippen LogP contribution in [0.25, 0.3) is 0 Å². The molecule has 5 heteroatoms. The summed E-state index contributed by atoms with van der Waals surface area (Å²) in [5.74, 6) is -1.43. The summed E-state index contributed by atoms with van der Waals surface area (Å²) in [4.78, 5) is 25.1. The predicted octanol–water partition coefficient (Wildman–Crippen LogP) is 5.45. The summed E-state index contributed by atoms with van der Waals surface area (Å²) in [7, 11) is 0. The lowest BCUT2D eigenvalue weighted by Gasteiger charge is -2.14. The molecule has 1 N–H and O–H groups in total. The van der Waals surface area contributed by atoms with Crippen molar-refractivity contribution in [2.75, 3.05) is 5.32 Å². The fourth-order valence-corrected chi connectivity index (χ4v) is 2.86. The molecule has 1 atom stereocenters. The van der Waals surface area contributed by atoms with Gasteiger partial charge < -0.3 is 5.32 Å². The zero-order valence-electron chi connectivity index (χ0n) is 14.6. The lowest BCUT2D eigenvalue weighted by molar-refractivity contribution is -0.117. The molecule has 0 spiro atoms. The third-order valence-electron chi connectivity index (χ3n) is 4.27. The van der Waals surface area contributed by atoms with Crippen LogP contribution in [0.3, 0.4) is 0 Å². The molecular weight excluding hydrogens is 365 g/mol. The second-order valence-corrected chi connectivity index (χ2v) is 6.57. The van der Waals surface area contributed by atoms with Gasteiger partial charge in [0, 0.05) is 16.8 Å². The van der Waals surface area contributed by atoms with Gasteiger partial charge in [0.15, 0.2) is 5.78 Å². The molecule has 0 saturated heterocycles. The highest BCUT2D eigenvalue weighted by molar-refractivity contribution is 6.31. The molecule has 0 aromatic heterocycles. The van der Waals surface area contributed by atoms with Crippen LogP contribution in [0.4, 0.5) is 10.1 Å². The first-order chi connectivity index (χ1) is 13.0. The van der Waals surface area contributed by atoms with Gasteiger partial charge in [0.05, 0.1) is 10.9 Å². The van der Waals surface area contributed by atoms with Crippen molar-refractivity contribution in [3.05, 3.63) is 100 Å². The summed E-state index contributed by atoms with van der Waals surface area (Å²) in [5.41, 5.74) is 2.23. The quantitative estimate of drug-likeness (QED) is 0.597. The minimum absolute atomic E-state index is 0.0593. The molecule has 27 heavy (non-hydrogen) atoms. The molecule has 0 aliphatic heterocycles. The first kappa shape index (κ1) is 18.8. The van der Waals surface area contributed by atoms with Crippen LogP contribution in [-0.4, -0.2) is 11.7 Å². The summed E-state index contributed by atoms with van der Waals surface area (Å²) in [5, 5.41) is 2.65. The Kier molecular flexibility index (Phi) is 5.67. The Morgan fingerprint density at radius 2 is 1.63 bits per heavy atom. The van der Waals surface area contributed by atoms with Gasteiger partial charge >= 0.3 is 0 Å². The van der Waals surface area contributed by atoms with Crippen molar-refractivity contribution in [1.82, 2.24) is 0 Å². The molecule has 136 valence electrons. The van der Waals surface area contributed by atoms with Crippen molar-refractivity contribution in [2.45, 2.75) is 12.8 Å². The number of ketones is 1. The number of amides is 1. The molecule has 0 aliphatic rings. The molecule has 0 heterocycles. The van der Waals surface area contributed by atoms with Crippen molar-refractivity contribution >= 4 is 29.0 Å². The second-order valence-electron chi connectivity index (χ2n) is 6.16. The first-order valence-electron chi connectivity index (χ1n) is 8.41. The van der Waals surface area contributed by atoms with Crippen molar-refractivity contribution in [3.63, 3.8) is 0 Å². The van der Waals surface area contributed by atoms with E-state index in [2.05, 4.69) is 5.32 Å². The van der Waals surface area contributed by atoms with Crippen LogP contribution in [0.1, 0.15) is 34.3 Å². The first-order valence-corrected chi connectivity index (χ1v) is 8.79. The number of benzene rings is 3. The minimum Gasteiger partial charge on any atom is -0.326 e. The Bertz CT molecular complexity index is 989. The van der Waals surface area contributed by atoms with E-state index >= 15 is 0 Å². The Hall–Kier alpha value is -2.98. The van der Waals surface area contributed by atoms with Crippen molar-refractivity contribution in [3.8, 4) is 0 Å². The van der Waals surface area contributed by atoms with Gasteiger partial charge in [0.2, 0.25) is 5.91 Å². The lowest BCUT2D eigenvalue weighted by Crippen LogP contribution is -2.19. The molecule has 3 aromatic carbocycles. The minimum atomic E-state index is -0.546. The number of anilines is 1. The van der Waals surface area contributed by atoms with E-state index in [9.17, 15) is 14.0 Å². The van der Waals surface area contributed by atoms with E-state index in [1.165, 1.54) is 18.2 Å². The number of hydrogen-bond acceptors (Lipinski definition) is 2. The van der Waals surface area contributed by atoms with E-state index in [-0.39, 0.29) is 16.7 Å². The van der Waals surface area contributed by atoms with Crippen LogP contribution < -0.4 is 5.32 Å². The number of hydrogen-bond donors (Lipinski definition) is 1. The zero-order chi connectivity index (χ0) is 19.4. The van der Waals surface area contributed by atoms with Gasteiger partial charge in [-0.15, -0.1) is 0 Å². The average molecular weight is 382 g/mol. The Labute approximate surface area is 161 Å². The van der Waals surface area contributed by atoms with Crippen LogP contribution in [0.15, 0.2) is 72.8 Å². The van der Waals surface area contributed by atoms with Crippen molar-refractivity contribution in [1.29, 1.82) is 0 Å². The molecular formula is C22H17ClFNO2. The van der Waals surface area contributed by atoms with Crippen molar-refractivity contribution in [2.24, 2.45) is 0 Å². The van der Waals surface area contributed by atoms with Crippen LogP contribution in [0, 0.1) is 5.82 Å². The van der Waals surface area contributed by atoms with E-state index in [0.717, 1.165) is 0 Å². The number of rotatable bonds is 5. The molecule has 0 bridgehead atoms. The molecule has 3 aromatic rings. The number of nitrogens with one attached hydrogen (secondary N) is 1. The highest BCUT2D eigenvalue weighted by Gasteiger charge is 2.18. The standard InChI is InChI=1S/C22H17ClFNO2/c1-14(22(27)25-18-10-11-20(24)19(23)13-18)16-8-5-9-17(12-16)21(26)15-6-3-2-4-7-15/h2-14H,1H3,(H,25,27)/t14-/m1/s1. The predicted molar refractivity (Wildman–Crippen MR) is 105 cm³/mol. The third-order valence-corrected chi connectivity index (χ3v) is 4.55. The summed E-state index contributed by atoms with van der Waals surface area (Å²) >= 11 is 5.74. The summed E-state index contributed by atoms with van der Waals surface area (Å²) < 4.78 is 13.2. The smallest absolute Gasteiger partial charge is 0.231 e. The molecule has 3 rings (SSSR count). The van der Waals surface area contributed by atoms with Gasteiger partial charge in [-0.25, -0.2) is 4.39 Å². The van der Waals surface area contributed by atoms with Gasteiger partial charge in [0.1, 0.15) is 5.82 Å². The highest BCUT2D eigenvalue weighted by Crippen LogP contribution is 2.23. The molecule has 0 radical (unpaired) electrons. The zero-order valence-corrected chi connectivity index (χ0v) is 15.3. The maximum Gasteiger partial charge on any atom is 0.231 e. The van der Waals surface area contributed by atoms with E-state index in [0.29, 0.717) is 22.4 Å². The van der Waals surface area contributed by atoms with E-state index in [4.69, 9.17) is 11.6 Å². The normalized spacial score (nSPS) is 11.7. The maximum absolute atomic E-state index is 13.2. The van der Waals surface area contributed by atoms with Crippen LogP contribution in [0.2, 0.25) is 5.02 Å². The Morgan fingerprint density at radius 1 is 0.926 bits per heavy atom. The SMILES string of the molecule is C[C@@H](C(=O)Nc1ccc(F)c(Cl)c1)c1cccc(C(=O)c2ccccc2)c1. The monoisotopic (exact) mass is 381 g/mol. The van der Waals surface area contributed by atoms with Crippen LogP contribution in [-0.2, 0) is 4.79 Å². The third kappa shape index (κ3) is 4.41.